The highest BCUT2D eigenvalue weighted by molar-refractivity contribution is 5.94. The molecule has 0 saturated carbocycles. The van der Waals surface area contributed by atoms with Crippen molar-refractivity contribution >= 4 is 11.8 Å². The summed E-state index contributed by atoms with van der Waals surface area (Å²) >= 11 is 0. The molecule has 1 atom stereocenters. The SMILES string of the molecule is CCc1nc(COc2ccc(C(=O)NC3CCN(C)C(=O)C3)cc2)no1. The number of amides is 2. The molecule has 0 radical (unpaired) electrons. The first-order valence-corrected chi connectivity index (χ1v) is 8.64. The molecule has 2 aromatic rings. The quantitative estimate of drug-likeness (QED) is 0.842. The molecule has 1 N–H and O–H groups in total. The Morgan fingerprint density at radius 3 is 2.81 bits per heavy atom. The van der Waals surface area contributed by atoms with Crippen molar-refractivity contribution in [3.8, 4) is 5.75 Å². The lowest BCUT2D eigenvalue weighted by Gasteiger charge is -2.29. The van der Waals surface area contributed by atoms with Gasteiger partial charge >= 0.3 is 0 Å². The highest BCUT2D eigenvalue weighted by Gasteiger charge is 2.24. The molecule has 1 aromatic heterocycles. The minimum absolute atomic E-state index is 0.0537. The molecule has 0 bridgehead atoms. The van der Waals surface area contributed by atoms with Crippen LogP contribution < -0.4 is 10.1 Å². The minimum atomic E-state index is -0.190. The standard InChI is InChI=1S/C18H22N4O4/c1-3-16-20-15(21-26-16)11-25-14-6-4-12(5-7-14)18(24)19-13-8-9-22(2)17(23)10-13/h4-7,13H,3,8-11H2,1-2H3,(H,19,24). The predicted octanol–water partition coefficient (Wildman–Crippen LogP) is 1.56. The van der Waals surface area contributed by atoms with Gasteiger partial charge in [0.1, 0.15) is 5.75 Å². The van der Waals surface area contributed by atoms with Crippen LogP contribution in [0.5, 0.6) is 5.75 Å². The van der Waals surface area contributed by atoms with Crippen LogP contribution in [0.3, 0.4) is 0 Å². The second-order valence-corrected chi connectivity index (χ2v) is 6.25. The van der Waals surface area contributed by atoms with E-state index in [1.165, 1.54) is 0 Å². The van der Waals surface area contributed by atoms with Crippen LogP contribution in [-0.2, 0) is 17.8 Å². The molecular formula is C18H22N4O4. The molecule has 3 rings (SSSR count). The molecule has 138 valence electrons. The highest BCUT2D eigenvalue weighted by Crippen LogP contribution is 2.15. The average molecular weight is 358 g/mol. The molecule has 1 fully saturated rings. The molecule has 0 aliphatic carbocycles. The summed E-state index contributed by atoms with van der Waals surface area (Å²) in [6, 6.07) is 6.70. The summed E-state index contributed by atoms with van der Waals surface area (Å²) in [4.78, 5) is 29.9. The zero-order chi connectivity index (χ0) is 18.5. The number of benzene rings is 1. The number of nitrogens with one attached hydrogen (secondary N) is 1. The Kier molecular flexibility index (Phi) is 5.50. The number of ether oxygens (including phenoxy) is 1. The van der Waals surface area contributed by atoms with Crippen LogP contribution in [0.15, 0.2) is 28.8 Å². The van der Waals surface area contributed by atoms with E-state index in [1.54, 1.807) is 36.2 Å². The number of aryl methyl sites for hydroxylation is 1. The van der Waals surface area contributed by atoms with Crippen molar-refractivity contribution in [1.29, 1.82) is 0 Å². The Bertz CT molecular complexity index is 772. The first-order chi connectivity index (χ1) is 12.5. The first kappa shape index (κ1) is 17.9. The average Bonchev–Trinajstić information content (AvgIpc) is 3.11. The smallest absolute Gasteiger partial charge is 0.251 e. The van der Waals surface area contributed by atoms with E-state index in [0.717, 1.165) is 6.42 Å². The molecule has 2 amide bonds. The lowest BCUT2D eigenvalue weighted by molar-refractivity contribution is -0.132. The molecule has 8 nitrogen and oxygen atoms in total. The Morgan fingerprint density at radius 2 is 2.15 bits per heavy atom. The molecular weight excluding hydrogens is 336 g/mol. The summed E-state index contributed by atoms with van der Waals surface area (Å²) in [5.41, 5.74) is 0.525. The van der Waals surface area contributed by atoms with E-state index in [-0.39, 0.29) is 24.5 Å². The van der Waals surface area contributed by atoms with Crippen LogP contribution in [0.1, 0.15) is 41.8 Å². The van der Waals surface area contributed by atoms with Crippen LogP contribution in [-0.4, -0.2) is 46.5 Å². The second-order valence-electron chi connectivity index (χ2n) is 6.25. The lowest BCUT2D eigenvalue weighted by atomic mass is 10.0. The number of aromatic nitrogens is 2. The monoisotopic (exact) mass is 358 g/mol. The Labute approximate surface area is 151 Å². The normalized spacial score (nSPS) is 17.2. The molecule has 1 saturated heterocycles. The minimum Gasteiger partial charge on any atom is -0.485 e. The fourth-order valence-electron chi connectivity index (χ4n) is 2.68. The van der Waals surface area contributed by atoms with Crippen molar-refractivity contribution in [3.05, 3.63) is 41.5 Å². The van der Waals surface area contributed by atoms with E-state index in [9.17, 15) is 9.59 Å². The van der Waals surface area contributed by atoms with Gasteiger partial charge in [-0.25, -0.2) is 0 Å². The van der Waals surface area contributed by atoms with Gasteiger partial charge in [-0.05, 0) is 30.7 Å². The first-order valence-electron chi connectivity index (χ1n) is 8.64. The zero-order valence-electron chi connectivity index (χ0n) is 14.9. The van der Waals surface area contributed by atoms with E-state index in [0.29, 0.717) is 42.4 Å². The second kappa shape index (κ2) is 7.99. The van der Waals surface area contributed by atoms with Crippen LogP contribution in [0.2, 0.25) is 0 Å². The molecule has 26 heavy (non-hydrogen) atoms. The summed E-state index contributed by atoms with van der Waals surface area (Å²) in [6.45, 7) is 2.79. The van der Waals surface area contributed by atoms with E-state index in [2.05, 4.69) is 15.5 Å². The number of likely N-dealkylation sites (tertiary alicyclic amines) is 1. The van der Waals surface area contributed by atoms with Crippen molar-refractivity contribution < 1.29 is 18.8 Å². The van der Waals surface area contributed by atoms with Crippen molar-refractivity contribution in [2.45, 2.75) is 38.8 Å². The number of rotatable bonds is 6. The Morgan fingerprint density at radius 1 is 1.38 bits per heavy atom. The molecule has 8 heteroatoms. The van der Waals surface area contributed by atoms with Crippen LogP contribution in [0.4, 0.5) is 0 Å². The molecule has 1 aromatic carbocycles. The van der Waals surface area contributed by atoms with E-state index < -0.39 is 0 Å². The maximum Gasteiger partial charge on any atom is 0.251 e. The summed E-state index contributed by atoms with van der Waals surface area (Å²) in [5.74, 6) is 1.53. The van der Waals surface area contributed by atoms with E-state index in [4.69, 9.17) is 9.26 Å². The van der Waals surface area contributed by atoms with Gasteiger partial charge in [0.05, 0.1) is 0 Å². The van der Waals surface area contributed by atoms with Crippen molar-refractivity contribution in [2.24, 2.45) is 0 Å². The zero-order valence-corrected chi connectivity index (χ0v) is 14.9. The summed E-state index contributed by atoms with van der Waals surface area (Å²) in [5, 5.41) is 6.73. The van der Waals surface area contributed by atoms with Gasteiger partial charge in [-0.3, -0.25) is 9.59 Å². The third-order valence-corrected chi connectivity index (χ3v) is 4.29. The largest absolute Gasteiger partial charge is 0.485 e. The maximum atomic E-state index is 12.3. The van der Waals surface area contributed by atoms with E-state index >= 15 is 0 Å². The summed E-state index contributed by atoms with van der Waals surface area (Å²) in [6.07, 6.45) is 1.78. The van der Waals surface area contributed by atoms with Gasteiger partial charge in [-0.1, -0.05) is 12.1 Å². The Hall–Kier alpha value is -2.90. The number of piperidine rings is 1. The van der Waals surface area contributed by atoms with Gasteiger partial charge in [0.2, 0.25) is 17.6 Å². The van der Waals surface area contributed by atoms with Crippen molar-refractivity contribution in [3.63, 3.8) is 0 Å². The number of carbonyl (C=O) groups excluding carboxylic acids is 2. The van der Waals surface area contributed by atoms with Gasteiger partial charge < -0.3 is 19.5 Å². The molecule has 1 aliphatic rings. The number of nitrogens with zero attached hydrogens (tertiary/aromatic N) is 3. The molecule has 1 aliphatic heterocycles. The van der Waals surface area contributed by atoms with Gasteiger partial charge in [0.25, 0.3) is 5.91 Å². The van der Waals surface area contributed by atoms with Crippen LogP contribution >= 0.6 is 0 Å². The molecule has 2 heterocycles. The summed E-state index contributed by atoms with van der Waals surface area (Å²) in [7, 11) is 1.77. The summed E-state index contributed by atoms with van der Waals surface area (Å²) < 4.78 is 10.6. The van der Waals surface area contributed by atoms with Crippen molar-refractivity contribution in [1.82, 2.24) is 20.4 Å². The van der Waals surface area contributed by atoms with Gasteiger partial charge in [-0.15, -0.1) is 0 Å². The number of carbonyl (C=O) groups is 2. The third kappa shape index (κ3) is 4.38. The number of hydrogen-bond donors (Lipinski definition) is 1. The predicted molar refractivity (Wildman–Crippen MR) is 92.6 cm³/mol. The fourth-order valence-corrected chi connectivity index (χ4v) is 2.68. The van der Waals surface area contributed by atoms with Gasteiger partial charge in [0.15, 0.2) is 6.61 Å². The highest BCUT2D eigenvalue weighted by atomic mass is 16.5. The Balaban J connectivity index is 1.51. The van der Waals surface area contributed by atoms with Crippen molar-refractivity contribution in [2.75, 3.05) is 13.6 Å². The molecule has 0 spiro atoms. The van der Waals surface area contributed by atoms with Gasteiger partial charge in [0, 0.05) is 38.0 Å². The topological polar surface area (TPSA) is 97.6 Å². The van der Waals surface area contributed by atoms with E-state index in [1.807, 2.05) is 6.92 Å². The van der Waals surface area contributed by atoms with Crippen LogP contribution in [0, 0.1) is 0 Å². The van der Waals surface area contributed by atoms with Crippen LogP contribution in [0.25, 0.3) is 0 Å². The molecule has 1 unspecified atom stereocenters. The van der Waals surface area contributed by atoms with Gasteiger partial charge in [-0.2, -0.15) is 4.98 Å². The number of hydrogen-bond acceptors (Lipinski definition) is 6. The maximum absolute atomic E-state index is 12.3. The lowest BCUT2D eigenvalue weighted by Crippen LogP contribution is -2.46. The third-order valence-electron chi connectivity index (χ3n) is 4.29. The fraction of sp³-hybridized carbons (Fsp3) is 0.444.